The molecule has 168 valence electrons. The normalized spacial score (nSPS) is 14.8. The molecular formula is C25H23ClN4O3. The Balaban J connectivity index is 1.47. The van der Waals surface area contributed by atoms with Gasteiger partial charge in [0.1, 0.15) is 12.6 Å². The number of anilines is 4. The topological polar surface area (TPSA) is 90.5 Å². The zero-order chi connectivity index (χ0) is 23.4. The monoisotopic (exact) mass is 462 g/mol. The van der Waals surface area contributed by atoms with E-state index in [1.807, 2.05) is 43.3 Å². The average Bonchev–Trinajstić information content (AvgIpc) is 2.79. The lowest BCUT2D eigenvalue weighted by Crippen LogP contribution is -2.50. The molecule has 1 aliphatic heterocycles. The first kappa shape index (κ1) is 22.4. The lowest BCUT2D eigenvalue weighted by atomic mass is 10.1. The second-order valence-electron chi connectivity index (χ2n) is 7.81. The molecule has 7 nitrogen and oxygen atoms in total. The fourth-order valence-electron chi connectivity index (χ4n) is 3.60. The Morgan fingerprint density at radius 3 is 2.21 bits per heavy atom. The number of carbonyl (C=O) groups excluding carboxylic acids is 3. The van der Waals surface area contributed by atoms with Crippen LogP contribution < -0.4 is 20.9 Å². The van der Waals surface area contributed by atoms with Gasteiger partial charge in [0.05, 0.1) is 17.8 Å². The molecular weight excluding hydrogens is 440 g/mol. The van der Waals surface area contributed by atoms with Crippen LogP contribution in [0.3, 0.4) is 0 Å². The Morgan fingerprint density at radius 1 is 0.909 bits per heavy atom. The number of para-hydroxylation sites is 2. The third-order valence-electron chi connectivity index (χ3n) is 5.24. The highest BCUT2D eigenvalue weighted by molar-refractivity contribution is 6.30. The van der Waals surface area contributed by atoms with Crippen molar-refractivity contribution in [2.45, 2.75) is 19.4 Å². The predicted octanol–water partition coefficient (Wildman–Crippen LogP) is 4.44. The van der Waals surface area contributed by atoms with E-state index >= 15 is 0 Å². The van der Waals surface area contributed by atoms with Crippen LogP contribution in [-0.4, -0.2) is 30.3 Å². The first-order chi connectivity index (χ1) is 15.9. The minimum absolute atomic E-state index is 0.0731. The Labute approximate surface area is 196 Å². The molecule has 1 heterocycles. The molecule has 0 radical (unpaired) electrons. The van der Waals surface area contributed by atoms with Crippen molar-refractivity contribution in [3.05, 3.63) is 83.4 Å². The second kappa shape index (κ2) is 9.75. The van der Waals surface area contributed by atoms with Crippen molar-refractivity contribution in [1.29, 1.82) is 0 Å². The molecule has 1 aliphatic rings. The molecule has 0 spiro atoms. The van der Waals surface area contributed by atoms with Crippen molar-refractivity contribution in [2.24, 2.45) is 0 Å². The van der Waals surface area contributed by atoms with Gasteiger partial charge < -0.3 is 16.0 Å². The van der Waals surface area contributed by atoms with Crippen LogP contribution in [-0.2, 0) is 14.4 Å². The molecule has 3 aromatic carbocycles. The van der Waals surface area contributed by atoms with Gasteiger partial charge in [0.2, 0.25) is 11.8 Å². The van der Waals surface area contributed by atoms with Crippen LogP contribution in [0.25, 0.3) is 0 Å². The second-order valence-corrected chi connectivity index (χ2v) is 8.25. The lowest BCUT2D eigenvalue weighted by Gasteiger charge is -2.34. The number of benzene rings is 3. The van der Waals surface area contributed by atoms with Crippen LogP contribution in [0.2, 0.25) is 5.02 Å². The minimum atomic E-state index is -0.798. The van der Waals surface area contributed by atoms with Gasteiger partial charge in [-0.05, 0) is 55.5 Å². The predicted molar refractivity (Wildman–Crippen MR) is 131 cm³/mol. The van der Waals surface area contributed by atoms with Crippen molar-refractivity contribution >= 4 is 52.1 Å². The van der Waals surface area contributed by atoms with E-state index in [0.717, 1.165) is 5.56 Å². The van der Waals surface area contributed by atoms with Crippen molar-refractivity contribution in [1.82, 2.24) is 0 Å². The van der Waals surface area contributed by atoms with E-state index in [2.05, 4.69) is 16.0 Å². The Morgan fingerprint density at radius 2 is 1.52 bits per heavy atom. The fraction of sp³-hybridized carbons (Fsp3) is 0.160. The van der Waals surface area contributed by atoms with Crippen LogP contribution in [0.15, 0.2) is 72.8 Å². The first-order valence-electron chi connectivity index (χ1n) is 10.5. The summed E-state index contributed by atoms with van der Waals surface area (Å²) in [6.07, 6.45) is -0.0731. The van der Waals surface area contributed by atoms with Crippen LogP contribution in [0.5, 0.6) is 0 Å². The minimum Gasteiger partial charge on any atom is -0.372 e. The Bertz CT molecular complexity index is 1180. The van der Waals surface area contributed by atoms with Crippen molar-refractivity contribution in [2.75, 3.05) is 27.4 Å². The molecule has 0 bridgehead atoms. The number of hydrogen-bond donors (Lipinski definition) is 3. The summed E-state index contributed by atoms with van der Waals surface area (Å²) in [7, 11) is 0. The maximum absolute atomic E-state index is 13.2. The van der Waals surface area contributed by atoms with Gasteiger partial charge in [-0.15, -0.1) is 0 Å². The number of nitrogens with zero attached hydrogens (tertiary/aromatic N) is 1. The summed E-state index contributed by atoms with van der Waals surface area (Å²) in [5, 5.41) is 9.28. The molecule has 0 saturated carbocycles. The number of carbonyl (C=O) groups is 3. The highest BCUT2D eigenvalue weighted by Crippen LogP contribution is 2.32. The largest absolute Gasteiger partial charge is 0.372 e. The summed E-state index contributed by atoms with van der Waals surface area (Å²) in [5.74, 6) is -1.00. The van der Waals surface area contributed by atoms with Crippen LogP contribution in [0, 0.1) is 6.92 Å². The number of hydrogen-bond acceptors (Lipinski definition) is 4. The van der Waals surface area contributed by atoms with Crippen LogP contribution in [0.1, 0.15) is 12.0 Å². The maximum atomic E-state index is 13.2. The number of rotatable bonds is 6. The smallest absolute Gasteiger partial charge is 0.250 e. The van der Waals surface area contributed by atoms with Crippen molar-refractivity contribution in [3.8, 4) is 0 Å². The molecule has 8 heteroatoms. The number of amides is 3. The Kier molecular flexibility index (Phi) is 6.60. The summed E-state index contributed by atoms with van der Waals surface area (Å²) >= 11 is 5.89. The molecule has 3 N–H and O–H groups in total. The van der Waals surface area contributed by atoms with E-state index in [0.29, 0.717) is 27.8 Å². The molecule has 4 rings (SSSR count). The molecule has 0 unspecified atom stereocenters. The van der Waals surface area contributed by atoms with E-state index in [-0.39, 0.29) is 30.7 Å². The molecule has 0 saturated heterocycles. The van der Waals surface area contributed by atoms with E-state index in [1.165, 1.54) is 4.90 Å². The van der Waals surface area contributed by atoms with Crippen LogP contribution in [0.4, 0.5) is 22.7 Å². The van der Waals surface area contributed by atoms with Crippen molar-refractivity contribution in [3.63, 3.8) is 0 Å². The van der Waals surface area contributed by atoms with Gasteiger partial charge in [-0.3, -0.25) is 19.3 Å². The van der Waals surface area contributed by atoms with Gasteiger partial charge >= 0.3 is 0 Å². The third-order valence-corrected chi connectivity index (χ3v) is 5.50. The SMILES string of the molecule is Cc1ccc(NC(=O)C[C@@H]2Nc3ccccc3N(CC(=O)Nc3ccc(Cl)cc3)C2=O)cc1. The lowest BCUT2D eigenvalue weighted by molar-refractivity contribution is -0.124. The Hall–Kier alpha value is -3.84. The zero-order valence-electron chi connectivity index (χ0n) is 18.0. The van der Waals surface area contributed by atoms with E-state index in [1.54, 1.807) is 36.4 Å². The molecule has 33 heavy (non-hydrogen) atoms. The molecule has 3 aromatic rings. The number of fused-ring (bicyclic) bond motifs is 1. The summed E-state index contributed by atoms with van der Waals surface area (Å²) < 4.78 is 0. The number of halogens is 1. The summed E-state index contributed by atoms with van der Waals surface area (Å²) in [5.41, 5.74) is 3.59. The molecule has 0 fully saturated rings. The first-order valence-corrected chi connectivity index (χ1v) is 10.9. The quantitative estimate of drug-likeness (QED) is 0.505. The van der Waals surface area contributed by atoms with Gasteiger partial charge in [0.15, 0.2) is 0 Å². The maximum Gasteiger partial charge on any atom is 0.250 e. The van der Waals surface area contributed by atoms with Gasteiger partial charge in [0.25, 0.3) is 5.91 Å². The molecule has 3 amide bonds. The average molecular weight is 463 g/mol. The standard InChI is InChI=1S/C25H23ClN4O3/c1-16-6-10-18(11-7-16)27-23(31)14-21-25(33)30(22-5-3-2-4-20(22)29-21)15-24(32)28-19-12-8-17(26)9-13-19/h2-13,21,29H,14-15H2,1H3,(H,27,31)(H,28,32)/t21-/m0/s1. The third kappa shape index (κ3) is 5.51. The molecule has 0 aliphatic carbocycles. The highest BCUT2D eigenvalue weighted by atomic mass is 35.5. The van der Waals surface area contributed by atoms with Gasteiger partial charge in [-0.25, -0.2) is 0 Å². The molecule has 0 aromatic heterocycles. The molecule has 1 atom stereocenters. The van der Waals surface area contributed by atoms with E-state index in [4.69, 9.17) is 11.6 Å². The van der Waals surface area contributed by atoms with E-state index in [9.17, 15) is 14.4 Å². The van der Waals surface area contributed by atoms with Gasteiger partial charge in [-0.2, -0.15) is 0 Å². The van der Waals surface area contributed by atoms with Crippen LogP contribution >= 0.6 is 11.6 Å². The highest BCUT2D eigenvalue weighted by Gasteiger charge is 2.34. The number of aryl methyl sites for hydroxylation is 1. The summed E-state index contributed by atoms with van der Waals surface area (Å²) in [6, 6.07) is 20.5. The van der Waals surface area contributed by atoms with E-state index < -0.39 is 6.04 Å². The van der Waals surface area contributed by atoms with Crippen molar-refractivity contribution < 1.29 is 14.4 Å². The zero-order valence-corrected chi connectivity index (χ0v) is 18.7. The van der Waals surface area contributed by atoms with Gasteiger partial charge in [0, 0.05) is 16.4 Å². The number of nitrogens with one attached hydrogen (secondary N) is 3. The van der Waals surface area contributed by atoms with Gasteiger partial charge in [-0.1, -0.05) is 41.4 Å². The summed E-state index contributed by atoms with van der Waals surface area (Å²) in [6.45, 7) is 1.78. The fourth-order valence-corrected chi connectivity index (χ4v) is 3.73. The summed E-state index contributed by atoms with van der Waals surface area (Å²) in [4.78, 5) is 39.9.